The molecule has 0 radical (unpaired) electrons. The number of fused-ring (bicyclic) bond motifs is 3. The number of benzene rings is 1. The van der Waals surface area contributed by atoms with Gasteiger partial charge in [0.1, 0.15) is 5.82 Å². The Bertz CT molecular complexity index is 1250. The number of nitrogens with zero attached hydrogens (tertiary/aromatic N) is 5. The van der Waals surface area contributed by atoms with E-state index in [9.17, 15) is 9.18 Å². The van der Waals surface area contributed by atoms with Crippen molar-refractivity contribution in [1.29, 1.82) is 0 Å². The number of anilines is 1. The third kappa shape index (κ3) is 4.24. The number of carbonyl (C=O) groups is 1. The lowest BCUT2D eigenvalue weighted by atomic mass is 10.2. The van der Waals surface area contributed by atoms with Crippen molar-refractivity contribution >= 4 is 44.8 Å². The summed E-state index contributed by atoms with van der Waals surface area (Å²) in [6.07, 6.45) is 10.1. The number of aryl methyl sites for hydroxylation is 1. The van der Waals surface area contributed by atoms with Crippen molar-refractivity contribution in [3.63, 3.8) is 0 Å². The molecule has 1 saturated heterocycles. The van der Waals surface area contributed by atoms with Crippen molar-refractivity contribution in [2.75, 3.05) is 18.4 Å². The number of pyridine rings is 1. The number of rotatable bonds is 2. The predicted octanol–water partition coefficient (Wildman–Crippen LogP) is 4.64. The zero-order valence-corrected chi connectivity index (χ0v) is 18.2. The van der Waals surface area contributed by atoms with E-state index >= 15 is 0 Å². The number of aromatic nitrogens is 2. The van der Waals surface area contributed by atoms with Gasteiger partial charge in [-0.2, -0.15) is 0 Å². The van der Waals surface area contributed by atoms with Crippen molar-refractivity contribution in [2.45, 2.75) is 19.4 Å². The van der Waals surface area contributed by atoms with Gasteiger partial charge in [-0.15, -0.1) is 0 Å². The highest BCUT2D eigenvalue weighted by molar-refractivity contribution is 7.22. The standard InChI is InChI=1S/C23H21FN6OS/c1-15-4-5-16(12-25-15)19-3-2-9-29-10-8-18(13-29)30(14-26-19)23(31)28-22-27-20-7-6-17(24)11-21(20)32-22/h2-7,9,11-12,14,18H,8,10,13H2,1H3,(H,27,28,31)/t18-/m0/s1. The number of urea groups is 1. The molecule has 0 spiro atoms. The second-order valence-corrected chi connectivity index (χ2v) is 8.76. The first-order valence-electron chi connectivity index (χ1n) is 10.3. The van der Waals surface area contributed by atoms with Crippen LogP contribution in [0.25, 0.3) is 15.9 Å². The van der Waals surface area contributed by atoms with Crippen molar-refractivity contribution < 1.29 is 9.18 Å². The zero-order valence-electron chi connectivity index (χ0n) is 17.4. The summed E-state index contributed by atoms with van der Waals surface area (Å²) in [5, 5.41) is 3.29. The van der Waals surface area contributed by atoms with Crippen LogP contribution >= 0.6 is 11.3 Å². The fourth-order valence-electron chi connectivity index (χ4n) is 3.76. The Morgan fingerprint density at radius 2 is 2.19 bits per heavy atom. The summed E-state index contributed by atoms with van der Waals surface area (Å²) in [7, 11) is 0. The number of carbonyl (C=O) groups excluding carboxylic acids is 1. The average molecular weight is 449 g/mol. The fourth-order valence-corrected chi connectivity index (χ4v) is 4.64. The number of thiazole rings is 1. The minimum atomic E-state index is -0.328. The van der Waals surface area contributed by atoms with E-state index in [1.165, 1.54) is 23.5 Å². The SMILES string of the molecule is Cc1ccc(C2=CC=CN3CC[C@@H](C3)N(C(=O)Nc3nc4ccc(F)cc4s3)C=N2)cn1. The average Bonchev–Trinajstić information content (AvgIpc) is 3.39. The molecule has 2 aromatic heterocycles. The lowest BCUT2D eigenvalue weighted by Crippen LogP contribution is -2.43. The molecule has 9 heteroatoms. The Morgan fingerprint density at radius 3 is 3.03 bits per heavy atom. The maximum absolute atomic E-state index is 13.5. The predicted molar refractivity (Wildman–Crippen MR) is 125 cm³/mol. The topological polar surface area (TPSA) is 73.7 Å². The highest BCUT2D eigenvalue weighted by atomic mass is 32.1. The van der Waals surface area contributed by atoms with Crippen LogP contribution in [0.5, 0.6) is 0 Å². The molecule has 0 unspecified atom stereocenters. The molecule has 7 nitrogen and oxygen atoms in total. The van der Waals surface area contributed by atoms with Gasteiger partial charge in [0.05, 0.1) is 28.3 Å². The van der Waals surface area contributed by atoms with Crippen LogP contribution in [0.1, 0.15) is 17.7 Å². The third-order valence-corrected chi connectivity index (χ3v) is 6.40. The Balaban J connectivity index is 1.43. The van der Waals surface area contributed by atoms with Crippen LogP contribution in [0.4, 0.5) is 14.3 Å². The molecule has 32 heavy (non-hydrogen) atoms. The van der Waals surface area contributed by atoms with Gasteiger partial charge in [-0.05, 0) is 62.0 Å². The number of halogens is 1. The number of allylic oxidation sites excluding steroid dienone is 2. The lowest BCUT2D eigenvalue weighted by Gasteiger charge is -2.25. The summed E-state index contributed by atoms with van der Waals surface area (Å²) in [5.74, 6) is -0.328. The number of hydrogen-bond acceptors (Lipinski definition) is 6. The van der Waals surface area contributed by atoms with E-state index in [0.29, 0.717) is 21.0 Å². The molecular weight excluding hydrogens is 427 g/mol. The monoisotopic (exact) mass is 448 g/mol. The Kier molecular flexibility index (Phi) is 5.40. The Labute approximate surface area is 188 Å². The highest BCUT2D eigenvalue weighted by Crippen LogP contribution is 2.27. The molecule has 0 saturated carbocycles. The minimum absolute atomic E-state index is 0.0225. The maximum Gasteiger partial charge on any atom is 0.329 e. The number of hydrogen-bond donors (Lipinski definition) is 1. The highest BCUT2D eigenvalue weighted by Gasteiger charge is 2.29. The van der Waals surface area contributed by atoms with Crippen LogP contribution in [0.2, 0.25) is 0 Å². The van der Waals surface area contributed by atoms with E-state index in [2.05, 4.69) is 25.2 Å². The van der Waals surface area contributed by atoms with Crippen LogP contribution in [0.3, 0.4) is 0 Å². The van der Waals surface area contributed by atoms with E-state index in [-0.39, 0.29) is 17.9 Å². The minimum Gasteiger partial charge on any atom is -0.375 e. The van der Waals surface area contributed by atoms with Gasteiger partial charge in [-0.25, -0.2) is 19.2 Å². The summed E-state index contributed by atoms with van der Waals surface area (Å²) >= 11 is 1.24. The normalized spacial score (nSPS) is 18.2. The maximum atomic E-state index is 13.5. The van der Waals surface area contributed by atoms with E-state index < -0.39 is 0 Å². The largest absolute Gasteiger partial charge is 0.375 e. The van der Waals surface area contributed by atoms with Crippen LogP contribution < -0.4 is 5.32 Å². The van der Waals surface area contributed by atoms with Crippen LogP contribution in [0.15, 0.2) is 59.9 Å². The first-order chi connectivity index (χ1) is 15.5. The summed E-state index contributed by atoms with van der Waals surface area (Å²) in [6.45, 7) is 3.51. The van der Waals surface area contributed by atoms with E-state index in [1.54, 1.807) is 23.5 Å². The van der Waals surface area contributed by atoms with Crippen molar-refractivity contribution in [3.05, 3.63) is 72.0 Å². The molecule has 0 aliphatic carbocycles. The molecule has 5 rings (SSSR count). The first-order valence-corrected chi connectivity index (χ1v) is 11.1. The number of aliphatic imine (C=N–C) groups is 1. The molecular formula is C23H21FN6OS. The molecule has 1 N–H and O–H groups in total. The molecule has 162 valence electrons. The smallest absolute Gasteiger partial charge is 0.329 e. The van der Waals surface area contributed by atoms with Gasteiger partial charge in [0.25, 0.3) is 0 Å². The van der Waals surface area contributed by atoms with Gasteiger partial charge in [0.15, 0.2) is 5.13 Å². The van der Waals surface area contributed by atoms with Gasteiger partial charge >= 0.3 is 6.03 Å². The fraction of sp³-hybridized carbons (Fsp3) is 0.217. The molecule has 1 atom stereocenters. The third-order valence-electron chi connectivity index (χ3n) is 5.47. The van der Waals surface area contributed by atoms with Gasteiger partial charge in [0.2, 0.25) is 0 Å². The van der Waals surface area contributed by atoms with Gasteiger partial charge in [0, 0.05) is 30.5 Å². The van der Waals surface area contributed by atoms with Crippen molar-refractivity contribution in [3.8, 4) is 0 Å². The van der Waals surface area contributed by atoms with E-state index in [1.807, 2.05) is 37.4 Å². The molecule has 2 aliphatic rings. The quantitative estimate of drug-likeness (QED) is 0.620. The molecule has 2 bridgehead atoms. The van der Waals surface area contributed by atoms with Gasteiger partial charge < -0.3 is 4.90 Å². The second kappa shape index (κ2) is 8.51. The first kappa shape index (κ1) is 20.3. The zero-order chi connectivity index (χ0) is 22.1. The molecule has 3 aromatic rings. The summed E-state index contributed by atoms with van der Waals surface area (Å²) < 4.78 is 14.2. The van der Waals surface area contributed by atoms with Crippen LogP contribution in [0, 0.1) is 12.7 Å². The summed E-state index contributed by atoms with van der Waals surface area (Å²) in [4.78, 5) is 30.4. The Morgan fingerprint density at radius 1 is 1.28 bits per heavy atom. The van der Waals surface area contributed by atoms with E-state index in [4.69, 9.17) is 0 Å². The van der Waals surface area contributed by atoms with Crippen molar-refractivity contribution in [1.82, 2.24) is 19.8 Å². The van der Waals surface area contributed by atoms with Crippen LogP contribution in [-0.2, 0) is 0 Å². The molecule has 1 aromatic carbocycles. The lowest BCUT2D eigenvalue weighted by molar-refractivity contribution is 0.223. The van der Waals surface area contributed by atoms with E-state index in [0.717, 1.165) is 30.8 Å². The van der Waals surface area contributed by atoms with Gasteiger partial charge in [-0.3, -0.25) is 15.2 Å². The second-order valence-electron chi connectivity index (χ2n) is 7.73. The summed E-state index contributed by atoms with van der Waals surface area (Å²) in [6, 6.07) is 7.95. The molecule has 2 aliphatic heterocycles. The van der Waals surface area contributed by atoms with Crippen molar-refractivity contribution in [2.24, 2.45) is 4.99 Å². The molecule has 4 heterocycles. The van der Waals surface area contributed by atoms with Gasteiger partial charge in [-0.1, -0.05) is 11.3 Å². The Hall–Kier alpha value is -3.59. The molecule has 1 fully saturated rings. The summed E-state index contributed by atoms with van der Waals surface area (Å²) in [5.41, 5.74) is 3.16. The molecule has 2 amide bonds. The number of nitrogens with one attached hydrogen (secondary N) is 1. The number of amides is 2. The van der Waals surface area contributed by atoms with Crippen LogP contribution in [-0.4, -0.2) is 51.3 Å².